The summed E-state index contributed by atoms with van der Waals surface area (Å²) in [7, 11) is 0. The molecule has 0 amide bonds. The van der Waals surface area contributed by atoms with E-state index in [9.17, 15) is 25.2 Å². The molecule has 1 heterocycles. The molecule has 1 aliphatic rings. The van der Waals surface area contributed by atoms with Gasteiger partial charge in [0.25, 0.3) is 0 Å². The molecule has 0 bridgehead atoms. The number of benzene rings is 1. The Kier molecular flexibility index (Phi) is 4.99. The van der Waals surface area contributed by atoms with Crippen LogP contribution in [0.2, 0.25) is 0 Å². The van der Waals surface area contributed by atoms with Crippen LogP contribution in [0.5, 0.6) is 5.75 Å². The lowest BCUT2D eigenvalue weighted by molar-refractivity contribution is -0.285. The van der Waals surface area contributed by atoms with E-state index in [0.29, 0.717) is 5.56 Å². The highest BCUT2D eigenvalue weighted by Gasteiger charge is 2.45. The fourth-order valence-electron chi connectivity index (χ4n) is 2.15. The maximum absolute atomic E-state index is 12.0. The summed E-state index contributed by atoms with van der Waals surface area (Å²) in [5.41, 5.74) is 0.579. The monoisotopic (exact) mass is 314 g/mol. The molecule has 22 heavy (non-hydrogen) atoms. The van der Waals surface area contributed by atoms with Gasteiger partial charge >= 0.3 is 5.97 Å². The number of carbonyl (C=O) groups is 1. The number of aliphatic hydroxyl groups is 4. The number of carbonyl (C=O) groups excluding carboxylic acids is 1. The number of hydrogen-bond acceptors (Lipinski definition) is 8. The van der Waals surface area contributed by atoms with E-state index in [2.05, 4.69) is 0 Å². The number of phenolic OH excluding ortho intramolecular Hbond substituents is 1. The molecule has 1 saturated heterocycles. The maximum Gasteiger partial charge on any atom is 0.344 e. The summed E-state index contributed by atoms with van der Waals surface area (Å²) in [4.78, 5) is 12.0. The summed E-state index contributed by atoms with van der Waals surface area (Å²) in [5.74, 6) is -1.27. The van der Waals surface area contributed by atoms with Crippen molar-refractivity contribution in [2.75, 3.05) is 6.61 Å². The summed E-state index contributed by atoms with van der Waals surface area (Å²) in [6, 6.07) is 4.31. The summed E-state index contributed by atoms with van der Waals surface area (Å²) in [6.45, 7) is 1.08. The first kappa shape index (κ1) is 16.7. The lowest BCUT2D eigenvalue weighted by atomic mass is 9.99. The first-order valence-electron chi connectivity index (χ1n) is 6.66. The molecule has 0 aromatic heterocycles. The van der Waals surface area contributed by atoms with Crippen molar-refractivity contribution in [1.29, 1.82) is 0 Å². The molecule has 0 saturated carbocycles. The van der Waals surface area contributed by atoms with Gasteiger partial charge in [0.1, 0.15) is 35.7 Å². The van der Waals surface area contributed by atoms with E-state index in [-0.39, 0.29) is 11.3 Å². The van der Waals surface area contributed by atoms with Crippen LogP contribution in [0.3, 0.4) is 0 Å². The molecule has 1 fully saturated rings. The fourth-order valence-corrected chi connectivity index (χ4v) is 2.15. The highest BCUT2D eigenvalue weighted by atomic mass is 16.7. The van der Waals surface area contributed by atoms with Crippen LogP contribution in [0.25, 0.3) is 0 Å². The summed E-state index contributed by atoms with van der Waals surface area (Å²) in [5, 5.41) is 47.8. The molecule has 1 aromatic carbocycles. The summed E-state index contributed by atoms with van der Waals surface area (Å²) in [6.07, 6.45) is -7.63. The Morgan fingerprint density at radius 1 is 1.23 bits per heavy atom. The van der Waals surface area contributed by atoms with Crippen LogP contribution < -0.4 is 0 Å². The number of esters is 1. The topological polar surface area (TPSA) is 137 Å². The van der Waals surface area contributed by atoms with E-state index in [1.807, 2.05) is 0 Å². The second-order valence-corrected chi connectivity index (χ2v) is 5.12. The second kappa shape index (κ2) is 6.59. The standard InChI is InChI=1S/C14H18O8/c1-6-2-3-8(16)7(4-6)13(20)22-14-12(19)11(18)10(17)9(5-15)21-14/h2-4,9-12,14-19H,5H2,1H3/t9-,10-,11+,12-,14-/m1/s1. The third-order valence-electron chi connectivity index (χ3n) is 3.44. The van der Waals surface area contributed by atoms with Gasteiger partial charge in [-0.3, -0.25) is 0 Å². The SMILES string of the molecule is Cc1ccc(O)c(C(=O)O[C@H]2O[C@H](CO)[C@@H](O)[C@H](O)[C@H]2O)c1. The largest absolute Gasteiger partial charge is 0.507 e. The van der Waals surface area contributed by atoms with Gasteiger partial charge in [-0.05, 0) is 19.1 Å². The van der Waals surface area contributed by atoms with Crippen molar-refractivity contribution in [3.63, 3.8) is 0 Å². The maximum atomic E-state index is 12.0. The van der Waals surface area contributed by atoms with E-state index in [1.54, 1.807) is 13.0 Å². The Hall–Kier alpha value is -1.71. The van der Waals surface area contributed by atoms with Crippen molar-refractivity contribution >= 4 is 5.97 Å². The molecular weight excluding hydrogens is 296 g/mol. The zero-order valence-electron chi connectivity index (χ0n) is 11.8. The molecule has 0 spiro atoms. The quantitative estimate of drug-likeness (QED) is 0.432. The number of ether oxygens (including phenoxy) is 2. The van der Waals surface area contributed by atoms with Crippen LogP contribution in [-0.4, -0.2) is 68.8 Å². The van der Waals surface area contributed by atoms with Crippen LogP contribution in [0.15, 0.2) is 18.2 Å². The van der Waals surface area contributed by atoms with Crippen molar-refractivity contribution < 1.29 is 39.8 Å². The molecule has 8 heteroatoms. The minimum atomic E-state index is -1.69. The third-order valence-corrected chi connectivity index (χ3v) is 3.44. The first-order chi connectivity index (χ1) is 10.3. The zero-order chi connectivity index (χ0) is 16.4. The predicted octanol–water partition coefficient (Wildman–Crippen LogP) is -1.34. The van der Waals surface area contributed by atoms with Crippen molar-refractivity contribution in [1.82, 2.24) is 0 Å². The van der Waals surface area contributed by atoms with Gasteiger partial charge in [-0.2, -0.15) is 0 Å². The highest BCUT2D eigenvalue weighted by Crippen LogP contribution is 2.25. The molecule has 0 unspecified atom stereocenters. The van der Waals surface area contributed by atoms with Crippen LogP contribution >= 0.6 is 0 Å². The van der Waals surface area contributed by atoms with Crippen LogP contribution in [-0.2, 0) is 9.47 Å². The minimum absolute atomic E-state index is 0.128. The van der Waals surface area contributed by atoms with Gasteiger partial charge < -0.3 is 35.0 Å². The van der Waals surface area contributed by atoms with Crippen molar-refractivity contribution in [3.05, 3.63) is 29.3 Å². The van der Waals surface area contributed by atoms with E-state index in [1.165, 1.54) is 12.1 Å². The molecular formula is C14H18O8. The lowest BCUT2D eigenvalue weighted by Gasteiger charge is -2.39. The Bertz CT molecular complexity index is 544. The van der Waals surface area contributed by atoms with Crippen LogP contribution in [0.4, 0.5) is 0 Å². The normalized spacial score (nSPS) is 31.8. The fraction of sp³-hybridized carbons (Fsp3) is 0.500. The van der Waals surface area contributed by atoms with E-state index >= 15 is 0 Å². The zero-order valence-corrected chi connectivity index (χ0v) is 11.8. The number of aromatic hydroxyl groups is 1. The number of phenols is 1. The Balaban J connectivity index is 2.15. The van der Waals surface area contributed by atoms with Gasteiger partial charge in [0.2, 0.25) is 6.29 Å². The van der Waals surface area contributed by atoms with Gasteiger partial charge in [0.05, 0.1) is 6.61 Å². The van der Waals surface area contributed by atoms with Gasteiger partial charge in [-0.15, -0.1) is 0 Å². The van der Waals surface area contributed by atoms with E-state index in [0.717, 1.165) is 0 Å². The average Bonchev–Trinajstić information content (AvgIpc) is 2.50. The number of aliphatic hydroxyl groups excluding tert-OH is 4. The van der Waals surface area contributed by atoms with Crippen LogP contribution in [0.1, 0.15) is 15.9 Å². The summed E-state index contributed by atoms with van der Waals surface area (Å²) < 4.78 is 9.98. The molecule has 5 N–H and O–H groups in total. The number of hydrogen-bond donors (Lipinski definition) is 5. The Morgan fingerprint density at radius 3 is 2.55 bits per heavy atom. The second-order valence-electron chi connectivity index (χ2n) is 5.12. The van der Waals surface area contributed by atoms with Crippen molar-refractivity contribution in [2.45, 2.75) is 37.6 Å². The molecule has 1 aromatic rings. The smallest absolute Gasteiger partial charge is 0.344 e. The Labute approximate surface area is 126 Å². The lowest BCUT2D eigenvalue weighted by Crippen LogP contribution is -2.59. The molecule has 122 valence electrons. The first-order valence-corrected chi connectivity index (χ1v) is 6.66. The van der Waals surface area contributed by atoms with Gasteiger partial charge in [-0.1, -0.05) is 11.6 Å². The molecule has 1 aliphatic heterocycles. The molecule has 0 radical (unpaired) electrons. The third kappa shape index (κ3) is 3.21. The summed E-state index contributed by atoms with van der Waals surface area (Å²) >= 11 is 0. The molecule has 5 atom stereocenters. The minimum Gasteiger partial charge on any atom is -0.507 e. The molecule has 2 rings (SSSR count). The van der Waals surface area contributed by atoms with Crippen molar-refractivity contribution in [2.24, 2.45) is 0 Å². The Morgan fingerprint density at radius 2 is 1.91 bits per heavy atom. The van der Waals surface area contributed by atoms with Gasteiger partial charge in [0.15, 0.2) is 0 Å². The van der Waals surface area contributed by atoms with E-state index < -0.39 is 43.3 Å². The van der Waals surface area contributed by atoms with Crippen LogP contribution in [0, 0.1) is 6.92 Å². The van der Waals surface area contributed by atoms with Crippen molar-refractivity contribution in [3.8, 4) is 5.75 Å². The average molecular weight is 314 g/mol. The number of rotatable bonds is 3. The van der Waals surface area contributed by atoms with E-state index in [4.69, 9.17) is 14.6 Å². The number of aryl methyl sites for hydroxylation is 1. The van der Waals surface area contributed by atoms with Gasteiger partial charge in [-0.25, -0.2) is 4.79 Å². The molecule has 8 nitrogen and oxygen atoms in total. The predicted molar refractivity (Wildman–Crippen MR) is 72.0 cm³/mol. The molecule has 0 aliphatic carbocycles. The van der Waals surface area contributed by atoms with Gasteiger partial charge in [0, 0.05) is 0 Å². The highest BCUT2D eigenvalue weighted by molar-refractivity contribution is 5.92.